The Hall–Kier alpha value is -1.92. The molecule has 3 aliphatic carbocycles. The van der Waals surface area contributed by atoms with Crippen molar-refractivity contribution >= 4 is 0 Å². The highest BCUT2D eigenvalue weighted by molar-refractivity contribution is 5.26. The molecule has 9 heteroatoms. The number of hydrogen-bond acceptors (Lipinski definition) is 9. The molecule has 3 aliphatic heterocycles. The minimum atomic E-state index is -0.765. The van der Waals surface area contributed by atoms with Crippen LogP contribution in [0.2, 0.25) is 0 Å². The van der Waals surface area contributed by atoms with Crippen molar-refractivity contribution in [2.24, 2.45) is 35.5 Å². The van der Waals surface area contributed by atoms with Crippen molar-refractivity contribution < 1.29 is 44.1 Å². The van der Waals surface area contributed by atoms with Crippen LogP contribution in [-0.2, 0) is 34.5 Å². The maximum Gasteiger partial charge on any atom is 0.190 e. The van der Waals surface area contributed by atoms with Crippen molar-refractivity contribution in [3.63, 3.8) is 0 Å². The Morgan fingerprint density at radius 3 is 1.56 bits per heavy atom. The second-order valence-corrected chi connectivity index (χ2v) is 22.0. The van der Waals surface area contributed by atoms with Crippen LogP contribution in [0, 0.1) is 35.5 Å². The number of aliphatic hydroxyl groups excluding tert-OH is 4. The fraction of sp³-hybridized carbons (Fsp3) is 0.774. The van der Waals surface area contributed by atoms with Crippen LogP contribution in [0.3, 0.4) is 0 Å². The Labute approximate surface area is 375 Å². The van der Waals surface area contributed by atoms with E-state index in [1.54, 1.807) is 13.8 Å². The normalized spacial score (nSPS) is 36.6. The molecule has 3 heterocycles. The summed E-state index contributed by atoms with van der Waals surface area (Å²) in [6.07, 6.45) is 8.64. The zero-order chi connectivity index (χ0) is 45.6. The van der Waals surface area contributed by atoms with Gasteiger partial charge < -0.3 is 44.1 Å². The van der Waals surface area contributed by atoms with Crippen molar-refractivity contribution in [2.75, 3.05) is 6.61 Å². The van der Waals surface area contributed by atoms with E-state index >= 15 is 0 Å². The van der Waals surface area contributed by atoms with Crippen molar-refractivity contribution in [2.45, 2.75) is 219 Å². The summed E-state index contributed by atoms with van der Waals surface area (Å²) in [5, 5.41) is 40.5. The van der Waals surface area contributed by atoms with Crippen molar-refractivity contribution in [3.8, 4) is 0 Å². The highest BCUT2D eigenvalue weighted by atomic mass is 16.8. The van der Waals surface area contributed by atoms with E-state index in [1.807, 2.05) is 13.8 Å². The molecule has 0 radical (unpaired) electrons. The van der Waals surface area contributed by atoms with Crippen molar-refractivity contribution in [1.82, 2.24) is 0 Å². The number of benzene rings is 2. The second kappa shape index (κ2) is 21.6. The Kier molecular flexibility index (Phi) is 17.8. The molecule has 0 spiro atoms. The molecular formula is C53H86O9. The van der Waals surface area contributed by atoms with Gasteiger partial charge in [-0.3, -0.25) is 0 Å². The van der Waals surface area contributed by atoms with E-state index in [0.29, 0.717) is 36.2 Å². The third-order valence-corrected chi connectivity index (χ3v) is 15.1. The summed E-state index contributed by atoms with van der Waals surface area (Å²) in [6, 6.07) is 21.2. The van der Waals surface area contributed by atoms with Gasteiger partial charge in [0.1, 0.15) is 24.4 Å². The SMILES string of the molecule is CC(C)(c1ccccc1)[C@@H]1CCCC[C@H]1O.CC(C)[C@@H]1CC[C@@H](C)C[C@H]1O.CC1(C)OC[C@H](C2OC3OC(C)(C)O[C@@H]3[C@@H]2O)O1.C[C@@H]1CC[C@@H](C(C)(C)c2ccccc2)[C@H](O)C1. The fourth-order valence-corrected chi connectivity index (χ4v) is 11.2. The average Bonchev–Trinajstić information content (AvgIpc) is 3.83. The van der Waals surface area contributed by atoms with Gasteiger partial charge in [-0.15, -0.1) is 0 Å². The van der Waals surface area contributed by atoms with Gasteiger partial charge in [0.2, 0.25) is 0 Å². The summed E-state index contributed by atoms with van der Waals surface area (Å²) < 4.78 is 28.1. The third-order valence-electron chi connectivity index (χ3n) is 15.1. The van der Waals surface area contributed by atoms with Gasteiger partial charge in [-0.25, -0.2) is 0 Å². The van der Waals surface area contributed by atoms with Gasteiger partial charge in [0, 0.05) is 0 Å². The van der Waals surface area contributed by atoms with Gasteiger partial charge in [-0.1, -0.05) is 142 Å². The zero-order valence-electron chi connectivity index (χ0n) is 40.5. The molecule has 6 aliphatic rings. The molecule has 352 valence electrons. The zero-order valence-corrected chi connectivity index (χ0v) is 40.5. The van der Waals surface area contributed by atoms with Crippen LogP contribution in [0.25, 0.3) is 0 Å². The summed E-state index contributed by atoms with van der Waals surface area (Å²) in [5.41, 5.74) is 2.85. The number of ether oxygens (including phenoxy) is 5. The summed E-state index contributed by atoms with van der Waals surface area (Å²) in [7, 11) is 0. The summed E-state index contributed by atoms with van der Waals surface area (Å²) in [6.45, 7) is 25.7. The number of rotatable bonds is 6. The fourth-order valence-electron chi connectivity index (χ4n) is 11.2. The molecule has 3 saturated heterocycles. The lowest BCUT2D eigenvalue weighted by Crippen LogP contribution is -2.42. The Morgan fingerprint density at radius 2 is 1.10 bits per heavy atom. The summed E-state index contributed by atoms with van der Waals surface area (Å²) in [4.78, 5) is 0. The highest BCUT2D eigenvalue weighted by Crippen LogP contribution is 2.44. The number of aliphatic hydroxyl groups is 4. The molecule has 0 amide bonds. The molecule has 62 heavy (non-hydrogen) atoms. The number of hydrogen-bond donors (Lipinski definition) is 4. The Bertz CT molecular complexity index is 1610. The van der Waals surface area contributed by atoms with E-state index in [4.69, 9.17) is 23.7 Å². The first kappa shape index (κ1) is 51.1. The van der Waals surface area contributed by atoms with Crippen LogP contribution < -0.4 is 0 Å². The predicted molar refractivity (Wildman–Crippen MR) is 246 cm³/mol. The van der Waals surface area contributed by atoms with E-state index in [2.05, 4.69) is 116 Å². The molecule has 2 aromatic carbocycles. The van der Waals surface area contributed by atoms with Gasteiger partial charge in [-0.2, -0.15) is 0 Å². The lowest BCUT2D eigenvalue weighted by Gasteiger charge is -2.42. The first-order valence-electron chi connectivity index (χ1n) is 24.2. The first-order valence-corrected chi connectivity index (χ1v) is 24.2. The molecule has 4 N–H and O–H groups in total. The maximum absolute atomic E-state index is 10.3. The van der Waals surface area contributed by atoms with E-state index in [1.165, 1.54) is 43.2 Å². The van der Waals surface area contributed by atoms with Crippen LogP contribution in [0.5, 0.6) is 0 Å². The third kappa shape index (κ3) is 13.1. The Balaban J connectivity index is 0.000000158. The smallest absolute Gasteiger partial charge is 0.190 e. The monoisotopic (exact) mass is 867 g/mol. The van der Waals surface area contributed by atoms with Crippen LogP contribution in [0.4, 0.5) is 0 Å². The predicted octanol–water partition coefficient (Wildman–Crippen LogP) is 10.1. The standard InChI is InChI=1S/C16H24O.C15H22O.C12H20O6.C10H20O/c1-12-9-10-14(15(17)11-12)16(2,3)13-7-5-4-6-8-13;1-15(2,12-8-4-3-5-9-12)13-10-6-7-11-14(13)16;1-11(2)14-5-6(16-11)8-7(13)9-10(15-8)18-12(3,4)17-9;1-7(2)9-5-4-8(3)6-10(9)11/h4-8,12,14-15,17H,9-11H2,1-3H3;3-5,8-9,13-14,16H,6-7,10-11H2,1-2H3;6-10,13H,5H2,1-4H3;7-11H,4-6H2,1-3H3/t12-,14-,15-;13-,14-;6-,7-,8?,9-,10?;8-,9+,10-/m1111/s1. The molecule has 8 rings (SSSR count). The topological polar surface area (TPSA) is 127 Å². The number of fused-ring (bicyclic) bond motifs is 1. The highest BCUT2D eigenvalue weighted by Gasteiger charge is 2.58. The van der Waals surface area contributed by atoms with Crippen LogP contribution >= 0.6 is 0 Å². The molecule has 0 aromatic heterocycles. The van der Waals surface area contributed by atoms with E-state index in [0.717, 1.165) is 38.0 Å². The van der Waals surface area contributed by atoms with Gasteiger partial charge in [0.05, 0.1) is 24.9 Å². The van der Waals surface area contributed by atoms with Crippen LogP contribution in [0.15, 0.2) is 60.7 Å². The molecule has 0 bridgehead atoms. The van der Waals surface area contributed by atoms with Crippen molar-refractivity contribution in [3.05, 3.63) is 71.8 Å². The van der Waals surface area contributed by atoms with Gasteiger partial charge >= 0.3 is 0 Å². The van der Waals surface area contributed by atoms with E-state index in [9.17, 15) is 20.4 Å². The quantitative estimate of drug-likeness (QED) is 0.225. The largest absolute Gasteiger partial charge is 0.393 e. The van der Waals surface area contributed by atoms with E-state index < -0.39 is 36.2 Å². The molecular weight excluding hydrogens is 781 g/mol. The lowest BCUT2D eigenvalue weighted by molar-refractivity contribution is -0.232. The molecule has 9 nitrogen and oxygen atoms in total. The molecule has 2 unspecified atom stereocenters. The van der Waals surface area contributed by atoms with Gasteiger partial charge in [0.25, 0.3) is 0 Å². The maximum atomic E-state index is 10.3. The molecule has 6 fully saturated rings. The van der Waals surface area contributed by atoms with Crippen LogP contribution in [0.1, 0.15) is 158 Å². The minimum absolute atomic E-state index is 0.0289. The first-order chi connectivity index (χ1) is 29.0. The molecule has 2 aromatic rings. The van der Waals surface area contributed by atoms with Crippen LogP contribution in [-0.4, -0.2) is 87.6 Å². The molecule has 13 atom stereocenters. The molecule has 3 saturated carbocycles. The second-order valence-electron chi connectivity index (χ2n) is 22.0. The summed E-state index contributed by atoms with van der Waals surface area (Å²) in [5.74, 6) is 2.07. The van der Waals surface area contributed by atoms with Crippen molar-refractivity contribution in [1.29, 1.82) is 0 Å². The van der Waals surface area contributed by atoms with Gasteiger partial charge in [0.15, 0.2) is 17.9 Å². The van der Waals surface area contributed by atoms with E-state index in [-0.39, 0.29) is 35.2 Å². The van der Waals surface area contributed by atoms with Gasteiger partial charge in [-0.05, 0) is 124 Å². The Morgan fingerprint density at radius 1 is 0.581 bits per heavy atom. The summed E-state index contributed by atoms with van der Waals surface area (Å²) >= 11 is 0. The average molecular weight is 867 g/mol. The lowest BCUT2D eigenvalue weighted by atomic mass is 9.64. The minimum Gasteiger partial charge on any atom is -0.393 e.